The van der Waals surface area contributed by atoms with Crippen LogP contribution in [0.4, 0.5) is 0 Å². The average Bonchev–Trinajstić information content (AvgIpc) is 2.71. The number of aliphatic carboxylic acids is 1. The first kappa shape index (κ1) is 16.0. The first-order valence-electron chi connectivity index (χ1n) is 7.94. The summed E-state index contributed by atoms with van der Waals surface area (Å²) in [5.74, 6) is -0.725. The van der Waals surface area contributed by atoms with Gasteiger partial charge in [0.1, 0.15) is 0 Å². The fourth-order valence-electron chi connectivity index (χ4n) is 3.16. The molecule has 0 spiro atoms. The predicted molar refractivity (Wildman–Crippen MR) is 84.4 cm³/mol. The number of carbonyl (C=O) groups is 1. The van der Waals surface area contributed by atoms with Crippen LogP contribution in [-0.4, -0.2) is 53.6 Å². The zero-order chi connectivity index (χ0) is 15.1. The molecule has 0 saturated carbocycles. The van der Waals surface area contributed by atoms with E-state index in [1.807, 2.05) is 0 Å². The van der Waals surface area contributed by atoms with E-state index in [0.29, 0.717) is 6.04 Å². The van der Waals surface area contributed by atoms with Gasteiger partial charge in [-0.2, -0.15) is 0 Å². The molecule has 0 amide bonds. The van der Waals surface area contributed by atoms with Crippen LogP contribution in [0.25, 0.3) is 0 Å². The summed E-state index contributed by atoms with van der Waals surface area (Å²) < 4.78 is 0. The Kier molecular flexibility index (Phi) is 6.21. The molecule has 1 heterocycles. The Bertz CT molecular complexity index is 436. The van der Waals surface area contributed by atoms with Crippen molar-refractivity contribution in [1.82, 2.24) is 9.80 Å². The molecule has 1 aromatic carbocycles. The number of hydrogen-bond donors (Lipinski definition) is 1. The molecular formula is C17H26N2O2. The molecule has 1 fully saturated rings. The van der Waals surface area contributed by atoms with E-state index < -0.39 is 5.97 Å². The van der Waals surface area contributed by atoms with Crippen LogP contribution in [0.3, 0.4) is 0 Å². The summed E-state index contributed by atoms with van der Waals surface area (Å²) in [7, 11) is 0. The lowest BCUT2D eigenvalue weighted by Crippen LogP contribution is -2.35. The SMILES string of the molecule is CCCC(c1ccccc1)N1CCCN(CC(=O)O)CC1. The fraction of sp³-hybridized carbons (Fsp3) is 0.588. The molecule has 0 bridgehead atoms. The number of carboxylic acid groups (broad SMARTS) is 1. The number of rotatable bonds is 6. The molecule has 1 aromatic rings. The van der Waals surface area contributed by atoms with Crippen molar-refractivity contribution in [3.8, 4) is 0 Å². The molecule has 1 saturated heterocycles. The van der Waals surface area contributed by atoms with Crippen molar-refractivity contribution >= 4 is 5.97 Å². The van der Waals surface area contributed by atoms with Gasteiger partial charge in [-0.1, -0.05) is 43.7 Å². The van der Waals surface area contributed by atoms with E-state index in [1.165, 1.54) is 5.56 Å². The molecule has 0 radical (unpaired) electrons. The second-order valence-electron chi connectivity index (χ2n) is 5.77. The van der Waals surface area contributed by atoms with Crippen LogP contribution >= 0.6 is 0 Å². The molecule has 4 heteroatoms. The van der Waals surface area contributed by atoms with Crippen LogP contribution in [0.5, 0.6) is 0 Å². The third kappa shape index (κ3) is 4.83. The van der Waals surface area contributed by atoms with Gasteiger partial charge in [-0.05, 0) is 18.4 Å². The lowest BCUT2D eigenvalue weighted by atomic mass is 10.0. The highest BCUT2D eigenvalue weighted by Gasteiger charge is 2.23. The van der Waals surface area contributed by atoms with Crippen molar-refractivity contribution in [1.29, 1.82) is 0 Å². The predicted octanol–water partition coefficient (Wildman–Crippen LogP) is 2.62. The van der Waals surface area contributed by atoms with Gasteiger partial charge >= 0.3 is 5.97 Å². The minimum absolute atomic E-state index is 0.164. The summed E-state index contributed by atoms with van der Waals surface area (Å²) >= 11 is 0. The summed E-state index contributed by atoms with van der Waals surface area (Å²) in [6.45, 7) is 6.13. The molecule has 1 unspecified atom stereocenters. The first-order valence-corrected chi connectivity index (χ1v) is 7.94. The van der Waals surface area contributed by atoms with E-state index in [9.17, 15) is 4.79 Å². The van der Waals surface area contributed by atoms with E-state index in [1.54, 1.807) is 0 Å². The molecule has 1 atom stereocenters. The van der Waals surface area contributed by atoms with Gasteiger partial charge < -0.3 is 5.11 Å². The lowest BCUT2D eigenvalue weighted by Gasteiger charge is -2.31. The molecule has 1 N–H and O–H groups in total. The Balaban J connectivity index is 2.02. The van der Waals surface area contributed by atoms with Gasteiger partial charge in [0.05, 0.1) is 6.54 Å². The van der Waals surface area contributed by atoms with Crippen molar-refractivity contribution in [3.63, 3.8) is 0 Å². The maximum Gasteiger partial charge on any atom is 0.317 e. The topological polar surface area (TPSA) is 43.8 Å². The van der Waals surface area contributed by atoms with E-state index in [-0.39, 0.29) is 6.54 Å². The van der Waals surface area contributed by atoms with Crippen molar-refractivity contribution in [3.05, 3.63) is 35.9 Å². The van der Waals surface area contributed by atoms with E-state index in [0.717, 1.165) is 45.4 Å². The molecule has 0 aliphatic carbocycles. The Morgan fingerprint density at radius 1 is 1.19 bits per heavy atom. The normalized spacial score (nSPS) is 19.1. The lowest BCUT2D eigenvalue weighted by molar-refractivity contribution is -0.138. The Morgan fingerprint density at radius 3 is 2.62 bits per heavy atom. The monoisotopic (exact) mass is 290 g/mol. The average molecular weight is 290 g/mol. The van der Waals surface area contributed by atoms with Gasteiger partial charge in [0.25, 0.3) is 0 Å². The zero-order valence-corrected chi connectivity index (χ0v) is 12.9. The Hall–Kier alpha value is -1.39. The summed E-state index contributed by atoms with van der Waals surface area (Å²) in [6, 6.07) is 11.1. The van der Waals surface area contributed by atoms with Gasteiger partial charge in [0.15, 0.2) is 0 Å². The highest BCUT2D eigenvalue weighted by molar-refractivity contribution is 5.69. The maximum atomic E-state index is 10.9. The molecule has 21 heavy (non-hydrogen) atoms. The van der Waals surface area contributed by atoms with Crippen molar-refractivity contribution in [2.45, 2.75) is 32.2 Å². The highest BCUT2D eigenvalue weighted by atomic mass is 16.4. The van der Waals surface area contributed by atoms with Crippen LogP contribution in [-0.2, 0) is 4.79 Å². The Morgan fingerprint density at radius 2 is 1.95 bits per heavy atom. The fourth-order valence-corrected chi connectivity index (χ4v) is 3.16. The van der Waals surface area contributed by atoms with Gasteiger partial charge in [-0.15, -0.1) is 0 Å². The summed E-state index contributed by atoms with van der Waals surface area (Å²) in [5.41, 5.74) is 1.38. The van der Waals surface area contributed by atoms with Crippen molar-refractivity contribution in [2.75, 3.05) is 32.7 Å². The molecule has 1 aliphatic rings. The molecule has 116 valence electrons. The van der Waals surface area contributed by atoms with Crippen molar-refractivity contribution < 1.29 is 9.90 Å². The highest BCUT2D eigenvalue weighted by Crippen LogP contribution is 2.26. The Labute approximate surface area is 127 Å². The second kappa shape index (κ2) is 8.15. The van der Waals surface area contributed by atoms with Crippen molar-refractivity contribution in [2.24, 2.45) is 0 Å². The number of nitrogens with zero attached hydrogens (tertiary/aromatic N) is 2. The quantitative estimate of drug-likeness (QED) is 0.874. The van der Waals surface area contributed by atoms with Crippen LogP contribution in [0.15, 0.2) is 30.3 Å². The van der Waals surface area contributed by atoms with Gasteiger partial charge in [0.2, 0.25) is 0 Å². The third-order valence-corrected chi connectivity index (χ3v) is 4.17. The van der Waals surface area contributed by atoms with Gasteiger partial charge in [0, 0.05) is 32.2 Å². The number of carboxylic acids is 1. The van der Waals surface area contributed by atoms with Crippen LogP contribution in [0, 0.1) is 0 Å². The second-order valence-corrected chi connectivity index (χ2v) is 5.77. The largest absolute Gasteiger partial charge is 0.480 e. The van der Waals surface area contributed by atoms with Crippen LogP contribution < -0.4 is 0 Å². The standard InChI is InChI=1S/C17H26N2O2/c1-2-7-16(15-8-4-3-5-9-15)19-11-6-10-18(12-13-19)14-17(20)21/h3-5,8-9,16H,2,6-7,10-14H2,1H3,(H,20,21). The summed E-state index contributed by atoms with van der Waals surface area (Å²) in [4.78, 5) is 15.4. The van der Waals surface area contributed by atoms with Crippen LogP contribution in [0.2, 0.25) is 0 Å². The number of benzene rings is 1. The van der Waals surface area contributed by atoms with Gasteiger partial charge in [-0.25, -0.2) is 0 Å². The molecule has 0 aromatic heterocycles. The third-order valence-electron chi connectivity index (χ3n) is 4.17. The van der Waals surface area contributed by atoms with E-state index in [2.05, 4.69) is 47.1 Å². The summed E-state index contributed by atoms with van der Waals surface area (Å²) in [6.07, 6.45) is 3.36. The minimum atomic E-state index is -0.725. The molecule has 1 aliphatic heterocycles. The van der Waals surface area contributed by atoms with Gasteiger partial charge in [-0.3, -0.25) is 14.6 Å². The molecule has 4 nitrogen and oxygen atoms in total. The van der Waals surface area contributed by atoms with E-state index in [4.69, 9.17) is 5.11 Å². The summed E-state index contributed by atoms with van der Waals surface area (Å²) in [5, 5.41) is 8.94. The smallest absolute Gasteiger partial charge is 0.317 e. The molecular weight excluding hydrogens is 264 g/mol. The zero-order valence-electron chi connectivity index (χ0n) is 12.9. The number of hydrogen-bond acceptors (Lipinski definition) is 3. The molecule has 2 rings (SSSR count). The maximum absolute atomic E-state index is 10.9. The first-order chi connectivity index (χ1) is 10.2. The minimum Gasteiger partial charge on any atom is -0.480 e. The van der Waals surface area contributed by atoms with Crippen LogP contribution in [0.1, 0.15) is 37.8 Å². The van der Waals surface area contributed by atoms with E-state index >= 15 is 0 Å².